The molecule has 37 heavy (non-hydrogen) atoms. The zero-order valence-corrected chi connectivity index (χ0v) is 20.7. The lowest BCUT2D eigenvalue weighted by molar-refractivity contribution is -0.137. The zero-order valence-electron chi connectivity index (χ0n) is 20.7. The molecule has 3 aromatic rings. The van der Waals surface area contributed by atoms with Gasteiger partial charge >= 0.3 is 6.18 Å². The van der Waals surface area contributed by atoms with Gasteiger partial charge in [-0.05, 0) is 35.7 Å². The first kappa shape index (κ1) is 25.2. The van der Waals surface area contributed by atoms with Crippen LogP contribution in [0.4, 0.5) is 18.9 Å². The summed E-state index contributed by atoms with van der Waals surface area (Å²) in [5.74, 6) is 0.491. The minimum absolute atomic E-state index is 0.0164. The number of ether oxygens (including phenoxy) is 1. The van der Waals surface area contributed by atoms with E-state index in [0.717, 1.165) is 43.7 Å². The number of amides is 1. The second-order valence-corrected chi connectivity index (χ2v) is 9.70. The molecule has 2 atom stereocenters. The van der Waals surface area contributed by atoms with E-state index >= 15 is 0 Å². The number of anilines is 1. The number of carbonyl (C=O) groups is 1. The van der Waals surface area contributed by atoms with Crippen LogP contribution in [0.5, 0.6) is 5.75 Å². The normalized spacial score (nSPS) is 20.9. The topological polar surface area (TPSA) is 49.2 Å². The summed E-state index contributed by atoms with van der Waals surface area (Å²) in [5.41, 5.74) is 1.53. The Hall–Kier alpha value is -3.46. The molecule has 2 fully saturated rings. The summed E-state index contributed by atoms with van der Waals surface area (Å²) >= 11 is 0. The van der Waals surface area contributed by atoms with E-state index in [0.29, 0.717) is 30.8 Å². The molecule has 2 aromatic carbocycles. The molecular weight excluding hydrogens is 483 g/mol. The molecule has 0 saturated carbocycles. The van der Waals surface area contributed by atoms with E-state index in [1.54, 1.807) is 24.1 Å². The average Bonchev–Trinajstić information content (AvgIpc) is 3.59. The summed E-state index contributed by atoms with van der Waals surface area (Å²) in [6.07, 6.45) is -1.55. The number of halogens is 3. The third-order valence-corrected chi connectivity index (χ3v) is 7.42. The molecule has 0 aliphatic carbocycles. The molecule has 6 nitrogen and oxygen atoms in total. The molecule has 2 aliphatic heterocycles. The van der Waals surface area contributed by atoms with Crippen molar-refractivity contribution in [3.05, 3.63) is 83.8 Å². The van der Waals surface area contributed by atoms with E-state index < -0.39 is 11.7 Å². The second kappa shape index (κ2) is 10.5. The fraction of sp³-hybridized carbons (Fsp3) is 0.393. The maximum atomic E-state index is 13.4. The highest BCUT2D eigenvalue weighted by molar-refractivity contribution is 5.94. The van der Waals surface area contributed by atoms with E-state index in [1.165, 1.54) is 24.7 Å². The minimum Gasteiger partial charge on any atom is -0.497 e. The van der Waals surface area contributed by atoms with E-state index in [9.17, 15) is 18.0 Å². The first-order chi connectivity index (χ1) is 17.8. The summed E-state index contributed by atoms with van der Waals surface area (Å²) in [7, 11) is 1.65. The van der Waals surface area contributed by atoms with Gasteiger partial charge in [0.2, 0.25) is 0 Å². The lowest BCUT2D eigenvalue weighted by Crippen LogP contribution is -2.48. The number of furan rings is 1. The van der Waals surface area contributed by atoms with E-state index in [4.69, 9.17) is 9.15 Å². The molecule has 0 bridgehead atoms. The predicted molar refractivity (Wildman–Crippen MR) is 134 cm³/mol. The second-order valence-electron chi connectivity index (χ2n) is 9.70. The molecule has 9 heteroatoms. The van der Waals surface area contributed by atoms with Crippen LogP contribution in [0.25, 0.3) is 0 Å². The summed E-state index contributed by atoms with van der Waals surface area (Å²) in [6.45, 7) is 4.91. The average molecular weight is 514 g/mol. The van der Waals surface area contributed by atoms with Crippen LogP contribution in [0.2, 0.25) is 0 Å². The number of rotatable bonds is 6. The molecule has 2 aliphatic rings. The van der Waals surface area contributed by atoms with Gasteiger partial charge < -0.3 is 19.0 Å². The monoisotopic (exact) mass is 513 g/mol. The molecule has 0 spiro atoms. The predicted octanol–water partition coefficient (Wildman–Crippen LogP) is 4.99. The molecule has 1 amide bonds. The standard InChI is InChI=1S/C28H30F3N3O3/c1-36-25-7-3-6-24(15-25)33-11-9-32(10-12-33)16-22-17-34(27(35)21-8-13-37-19-21)18-26(22)20-4-2-5-23(14-20)28(29,30)31/h2-8,13-15,19,22,26H,9-12,16-18H2,1H3. The van der Waals surface area contributed by atoms with Crippen LogP contribution in [0, 0.1) is 5.92 Å². The highest BCUT2D eigenvalue weighted by atomic mass is 19.4. The summed E-state index contributed by atoms with van der Waals surface area (Å²) in [6, 6.07) is 15.2. The van der Waals surface area contributed by atoms with Crippen molar-refractivity contribution in [2.75, 3.05) is 57.8 Å². The number of piperazine rings is 1. The van der Waals surface area contributed by atoms with Crippen molar-refractivity contribution < 1.29 is 27.1 Å². The Labute approximate surface area is 214 Å². The molecule has 5 rings (SSSR count). The van der Waals surface area contributed by atoms with Gasteiger partial charge in [-0.1, -0.05) is 24.3 Å². The van der Waals surface area contributed by atoms with Crippen LogP contribution >= 0.6 is 0 Å². The molecule has 3 heterocycles. The van der Waals surface area contributed by atoms with Crippen molar-refractivity contribution in [1.29, 1.82) is 0 Å². The third kappa shape index (κ3) is 5.61. The van der Waals surface area contributed by atoms with E-state index in [1.807, 2.05) is 18.2 Å². The van der Waals surface area contributed by atoms with Crippen molar-refractivity contribution in [3.8, 4) is 5.75 Å². The Bertz CT molecular complexity index is 1210. The van der Waals surface area contributed by atoms with Crippen molar-refractivity contribution >= 4 is 11.6 Å². The number of benzene rings is 2. The quantitative estimate of drug-likeness (QED) is 0.465. The molecular formula is C28H30F3N3O3. The highest BCUT2D eigenvalue weighted by Crippen LogP contribution is 2.37. The molecule has 196 valence electrons. The first-order valence-electron chi connectivity index (χ1n) is 12.4. The van der Waals surface area contributed by atoms with Gasteiger partial charge in [-0.25, -0.2) is 0 Å². The summed E-state index contributed by atoms with van der Waals surface area (Å²) in [5, 5.41) is 0. The van der Waals surface area contributed by atoms with E-state index in [2.05, 4.69) is 15.9 Å². The van der Waals surface area contributed by atoms with Crippen LogP contribution in [-0.2, 0) is 6.18 Å². The number of carbonyl (C=O) groups excluding carboxylic acids is 1. The number of methoxy groups -OCH3 is 1. The van der Waals surface area contributed by atoms with Crippen molar-refractivity contribution in [1.82, 2.24) is 9.80 Å². The van der Waals surface area contributed by atoms with Crippen LogP contribution in [-0.4, -0.2) is 68.6 Å². The number of nitrogens with zero attached hydrogens (tertiary/aromatic N) is 3. The minimum atomic E-state index is -4.41. The number of hydrogen-bond acceptors (Lipinski definition) is 5. The molecule has 0 N–H and O–H groups in total. The summed E-state index contributed by atoms with van der Waals surface area (Å²) in [4.78, 5) is 19.5. The van der Waals surface area contributed by atoms with Crippen LogP contribution in [0.1, 0.15) is 27.4 Å². The Kier molecular flexibility index (Phi) is 7.15. The molecule has 0 radical (unpaired) electrons. The van der Waals surface area contributed by atoms with Gasteiger partial charge in [-0.2, -0.15) is 13.2 Å². The van der Waals surface area contributed by atoms with Gasteiger partial charge in [0.1, 0.15) is 12.0 Å². The smallest absolute Gasteiger partial charge is 0.416 e. The maximum absolute atomic E-state index is 13.4. The zero-order chi connectivity index (χ0) is 26.0. The van der Waals surface area contributed by atoms with Crippen molar-refractivity contribution in [3.63, 3.8) is 0 Å². The lowest BCUT2D eigenvalue weighted by atomic mass is 9.87. The Morgan fingerprint density at radius 1 is 1.03 bits per heavy atom. The van der Waals surface area contributed by atoms with Gasteiger partial charge in [-0.15, -0.1) is 0 Å². The van der Waals surface area contributed by atoms with Gasteiger partial charge in [0.25, 0.3) is 5.91 Å². The van der Waals surface area contributed by atoms with Gasteiger partial charge in [0, 0.05) is 63.5 Å². The Balaban J connectivity index is 1.31. The SMILES string of the molecule is COc1cccc(N2CCN(CC3CN(C(=O)c4ccoc4)CC3c3cccc(C(F)(F)F)c3)CC2)c1. The molecule has 2 saturated heterocycles. The third-order valence-electron chi connectivity index (χ3n) is 7.42. The Morgan fingerprint density at radius 2 is 1.81 bits per heavy atom. The largest absolute Gasteiger partial charge is 0.497 e. The molecule has 1 aromatic heterocycles. The number of likely N-dealkylation sites (tertiary alicyclic amines) is 1. The first-order valence-corrected chi connectivity index (χ1v) is 12.4. The van der Waals surface area contributed by atoms with Crippen LogP contribution in [0.15, 0.2) is 71.5 Å². The highest BCUT2D eigenvalue weighted by Gasteiger charge is 2.39. The van der Waals surface area contributed by atoms with Gasteiger partial charge in [-0.3, -0.25) is 9.69 Å². The van der Waals surface area contributed by atoms with Crippen LogP contribution in [0.3, 0.4) is 0 Å². The fourth-order valence-electron chi connectivity index (χ4n) is 5.44. The molecule has 2 unspecified atom stereocenters. The van der Waals surface area contributed by atoms with Crippen molar-refractivity contribution in [2.45, 2.75) is 12.1 Å². The summed E-state index contributed by atoms with van der Waals surface area (Å²) < 4.78 is 50.8. The number of hydrogen-bond donors (Lipinski definition) is 0. The fourth-order valence-corrected chi connectivity index (χ4v) is 5.44. The van der Waals surface area contributed by atoms with Crippen LogP contribution < -0.4 is 9.64 Å². The number of alkyl halides is 3. The lowest BCUT2D eigenvalue weighted by Gasteiger charge is -2.38. The maximum Gasteiger partial charge on any atom is 0.416 e. The van der Waals surface area contributed by atoms with Gasteiger partial charge in [0.05, 0.1) is 24.5 Å². The van der Waals surface area contributed by atoms with Gasteiger partial charge in [0.15, 0.2) is 0 Å². The van der Waals surface area contributed by atoms with Crippen molar-refractivity contribution in [2.24, 2.45) is 5.92 Å². The van der Waals surface area contributed by atoms with E-state index in [-0.39, 0.29) is 17.7 Å². The Morgan fingerprint density at radius 3 is 2.51 bits per heavy atom.